The third kappa shape index (κ3) is 7.46. The van der Waals surface area contributed by atoms with Gasteiger partial charge >= 0.3 is 0 Å². The van der Waals surface area contributed by atoms with E-state index in [0.29, 0.717) is 12.8 Å². The summed E-state index contributed by atoms with van der Waals surface area (Å²) in [6.45, 7) is 23.6. The summed E-state index contributed by atoms with van der Waals surface area (Å²) in [7, 11) is -4.71. The molecule has 0 amide bonds. The van der Waals surface area contributed by atoms with E-state index < -0.39 is 28.2 Å². The molecule has 1 aliphatic carbocycles. The molecule has 1 aliphatic rings. The number of hydrogen-bond donors (Lipinski definition) is 0. The van der Waals surface area contributed by atoms with Crippen molar-refractivity contribution in [2.45, 2.75) is 106 Å². The Labute approximate surface area is 209 Å². The van der Waals surface area contributed by atoms with Gasteiger partial charge in [-0.15, -0.1) is 0 Å². The molecule has 34 heavy (non-hydrogen) atoms. The minimum absolute atomic E-state index is 0.0488. The van der Waals surface area contributed by atoms with Crippen LogP contribution in [0.15, 0.2) is 34.6 Å². The van der Waals surface area contributed by atoms with Crippen LogP contribution >= 0.6 is 0 Å². The lowest BCUT2D eigenvalue weighted by Gasteiger charge is -2.41. The standard InChI is InChI=1S/C27H46O5Si2/c1-13-20(6)24(29)23-25(30)21(16-14-18(2)3)27(32-34(10,11)12,22(28)17-15-19(4)5)26(23)31-33(7,8)9/h14-15,20-21H,13,16-17H2,1-12H3/t20?,21-,27-/m1/s1. The number of carbonyl (C=O) groups is 3. The quantitative estimate of drug-likeness (QED) is 0.166. The summed E-state index contributed by atoms with van der Waals surface area (Å²) in [5.41, 5.74) is 0.515. The number of carbonyl (C=O) groups excluding carboxylic acids is 3. The molecule has 5 nitrogen and oxygen atoms in total. The van der Waals surface area contributed by atoms with E-state index in [0.717, 1.165) is 11.1 Å². The zero-order valence-corrected chi connectivity index (χ0v) is 25.5. The Kier molecular flexibility index (Phi) is 10.2. The summed E-state index contributed by atoms with van der Waals surface area (Å²) in [6.07, 6.45) is 4.86. The number of Topliss-reactive ketones (excluding diaryl/α,β-unsaturated/α-hetero) is 3. The number of hydrogen-bond acceptors (Lipinski definition) is 5. The second-order valence-corrected chi connectivity index (χ2v) is 20.7. The van der Waals surface area contributed by atoms with Gasteiger partial charge in [-0.25, -0.2) is 0 Å². The van der Waals surface area contributed by atoms with Crippen LogP contribution in [0, 0.1) is 11.8 Å². The van der Waals surface area contributed by atoms with Crippen molar-refractivity contribution in [1.82, 2.24) is 0 Å². The van der Waals surface area contributed by atoms with Gasteiger partial charge in [0.1, 0.15) is 11.3 Å². The highest BCUT2D eigenvalue weighted by molar-refractivity contribution is 6.71. The molecule has 3 atom stereocenters. The van der Waals surface area contributed by atoms with E-state index in [1.807, 2.05) is 93.0 Å². The van der Waals surface area contributed by atoms with Crippen molar-refractivity contribution in [3.05, 3.63) is 34.6 Å². The molecule has 0 saturated carbocycles. The third-order valence-electron chi connectivity index (χ3n) is 5.67. The van der Waals surface area contributed by atoms with Crippen LogP contribution in [0.1, 0.15) is 60.8 Å². The second kappa shape index (κ2) is 11.4. The normalized spacial score (nSPS) is 21.9. The third-order valence-corrected chi connectivity index (χ3v) is 7.42. The van der Waals surface area contributed by atoms with Crippen molar-refractivity contribution in [1.29, 1.82) is 0 Å². The molecule has 0 heterocycles. The monoisotopic (exact) mass is 506 g/mol. The first-order valence-corrected chi connectivity index (χ1v) is 19.2. The Balaban J connectivity index is 4.09. The summed E-state index contributed by atoms with van der Waals surface area (Å²) in [5.74, 6) is -1.76. The molecular formula is C27H46O5Si2. The highest BCUT2D eigenvalue weighted by Gasteiger charge is 2.63. The first kappa shape index (κ1) is 30.5. The Bertz CT molecular complexity index is 891. The van der Waals surface area contributed by atoms with Crippen LogP contribution in [0.5, 0.6) is 0 Å². The highest BCUT2D eigenvalue weighted by Crippen LogP contribution is 2.48. The van der Waals surface area contributed by atoms with E-state index in [2.05, 4.69) is 0 Å². The zero-order valence-electron chi connectivity index (χ0n) is 23.5. The molecular weight excluding hydrogens is 460 g/mol. The Morgan fingerprint density at radius 3 is 1.91 bits per heavy atom. The van der Waals surface area contributed by atoms with Gasteiger partial charge in [0.2, 0.25) is 8.32 Å². The van der Waals surface area contributed by atoms with Crippen LogP contribution in [0.25, 0.3) is 0 Å². The van der Waals surface area contributed by atoms with Crippen molar-refractivity contribution in [2.75, 3.05) is 0 Å². The van der Waals surface area contributed by atoms with Crippen molar-refractivity contribution in [3.8, 4) is 0 Å². The largest absolute Gasteiger partial charge is 0.544 e. The molecule has 0 fully saturated rings. The van der Waals surface area contributed by atoms with Crippen LogP contribution in [-0.2, 0) is 23.2 Å². The lowest BCUT2D eigenvalue weighted by molar-refractivity contribution is -0.141. The van der Waals surface area contributed by atoms with Gasteiger partial charge in [0.15, 0.2) is 31.3 Å². The van der Waals surface area contributed by atoms with Crippen molar-refractivity contribution in [2.24, 2.45) is 11.8 Å². The lowest BCUT2D eigenvalue weighted by Crippen LogP contribution is -2.55. The Morgan fingerprint density at radius 1 is 0.971 bits per heavy atom. The van der Waals surface area contributed by atoms with Gasteiger partial charge in [0.25, 0.3) is 0 Å². The molecule has 0 aromatic rings. The van der Waals surface area contributed by atoms with E-state index in [1.165, 1.54) is 0 Å². The van der Waals surface area contributed by atoms with Gasteiger partial charge in [-0.1, -0.05) is 37.1 Å². The fourth-order valence-corrected chi connectivity index (χ4v) is 6.15. The van der Waals surface area contributed by atoms with Crippen LogP contribution in [0.2, 0.25) is 39.3 Å². The Hall–Kier alpha value is -1.58. The summed E-state index contributed by atoms with van der Waals surface area (Å²) in [4.78, 5) is 41.7. The lowest BCUT2D eigenvalue weighted by atomic mass is 9.81. The number of ketones is 3. The summed E-state index contributed by atoms with van der Waals surface area (Å²) in [5, 5.41) is 0. The van der Waals surface area contributed by atoms with Crippen LogP contribution < -0.4 is 0 Å². The van der Waals surface area contributed by atoms with E-state index >= 15 is 0 Å². The fourth-order valence-electron chi connectivity index (χ4n) is 3.97. The molecule has 1 rings (SSSR count). The molecule has 0 N–H and O–H groups in total. The fraction of sp³-hybridized carbons (Fsp3) is 0.667. The number of rotatable bonds is 12. The van der Waals surface area contributed by atoms with Crippen molar-refractivity contribution in [3.63, 3.8) is 0 Å². The highest BCUT2D eigenvalue weighted by atomic mass is 28.4. The van der Waals surface area contributed by atoms with Crippen LogP contribution in [0.3, 0.4) is 0 Å². The summed E-state index contributed by atoms with van der Waals surface area (Å²) in [6, 6.07) is 0. The maximum absolute atomic E-state index is 14.1. The van der Waals surface area contributed by atoms with Gasteiger partial charge in [0.05, 0.1) is 5.92 Å². The van der Waals surface area contributed by atoms with Crippen molar-refractivity contribution >= 4 is 34.0 Å². The zero-order chi connectivity index (χ0) is 26.6. The van der Waals surface area contributed by atoms with Crippen LogP contribution in [0.4, 0.5) is 0 Å². The molecule has 7 heteroatoms. The number of allylic oxidation sites excluding steroid dienone is 5. The minimum atomic E-state index is -2.38. The van der Waals surface area contributed by atoms with Gasteiger partial charge in [0, 0.05) is 12.3 Å². The first-order valence-electron chi connectivity index (χ1n) is 12.4. The second-order valence-electron chi connectivity index (χ2n) is 11.9. The predicted molar refractivity (Wildman–Crippen MR) is 145 cm³/mol. The molecule has 0 saturated heterocycles. The topological polar surface area (TPSA) is 69.7 Å². The smallest absolute Gasteiger partial charge is 0.241 e. The molecule has 0 aromatic heterocycles. The molecule has 192 valence electrons. The van der Waals surface area contributed by atoms with Crippen LogP contribution in [-0.4, -0.2) is 39.6 Å². The van der Waals surface area contributed by atoms with E-state index in [4.69, 9.17) is 8.85 Å². The molecule has 0 bridgehead atoms. The van der Waals surface area contributed by atoms with Gasteiger partial charge in [-0.2, -0.15) is 0 Å². The van der Waals surface area contributed by atoms with Gasteiger partial charge in [-0.05, 0) is 79.8 Å². The molecule has 0 aliphatic heterocycles. The van der Waals surface area contributed by atoms with Gasteiger partial charge < -0.3 is 8.85 Å². The van der Waals surface area contributed by atoms with E-state index in [-0.39, 0.29) is 41.0 Å². The SMILES string of the molecule is CCC(C)C(=O)C1=C(O[Si](C)(C)C)[C@](O[Si](C)(C)C)(C(=O)CC=C(C)C)[C@H](CC=C(C)C)C1=O. The average molecular weight is 507 g/mol. The average Bonchev–Trinajstić information content (AvgIpc) is 2.88. The van der Waals surface area contributed by atoms with Gasteiger partial charge in [-0.3, -0.25) is 14.4 Å². The predicted octanol–water partition coefficient (Wildman–Crippen LogP) is 6.78. The minimum Gasteiger partial charge on any atom is -0.544 e. The molecule has 0 aromatic carbocycles. The van der Waals surface area contributed by atoms with Crippen molar-refractivity contribution < 1.29 is 23.2 Å². The molecule has 0 spiro atoms. The van der Waals surface area contributed by atoms with E-state index in [1.54, 1.807) is 0 Å². The maximum Gasteiger partial charge on any atom is 0.241 e. The summed E-state index contributed by atoms with van der Waals surface area (Å²) < 4.78 is 13.3. The summed E-state index contributed by atoms with van der Waals surface area (Å²) >= 11 is 0. The molecule has 1 unspecified atom stereocenters. The Morgan fingerprint density at radius 2 is 1.50 bits per heavy atom. The molecule has 0 radical (unpaired) electrons. The van der Waals surface area contributed by atoms with E-state index in [9.17, 15) is 14.4 Å². The first-order chi connectivity index (χ1) is 15.4. The maximum atomic E-state index is 14.1.